The molecule has 0 radical (unpaired) electrons. The van der Waals surface area contributed by atoms with Crippen LogP contribution < -0.4 is 5.32 Å². The van der Waals surface area contributed by atoms with Crippen LogP contribution in [0, 0.1) is 19.7 Å². The first-order chi connectivity index (χ1) is 8.97. The molecule has 0 aliphatic rings. The van der Waals surface area contributed by atoms with Crippen molar-refractivity contribution in [2.45, 2.75) is 26.8 Å². The Bertz CT molecular complexity index is 578. The molecule has 0 fully saturated rings. The van der Waals surface area contributed by atoms with Gasteiger partial charge in [-0.15, -0.1) is 0 Å². The molecule has 0 saturated carbocycles. The van der Waals surface area contributed by atoms with E-state index in [1.807, 2.05) is 6.92 Å². The second-order valence-corrected chi connectivity index (χ2v) is 5.71. The lowest BCUT2D eigenvalue weighted by atomic mass is 10.1. The zero-order valence-corrected chi connectivity index (χ0v) is 12.9. The van der Waals surface area contributed by atoms with Crippen molar-refractivity contribution in [3.05, 3.63) is 63.4 Å². The highest BCUT2D eigenvalue weighted by molar-refractivity contribution is 9.10. The fourth-order valence-electron chi connectivity index (χ4n) is 1.97. The van der Waals surface area contributed by atoms with Crippen LogP contribution >= 0.6 is 15.9 Å². The van der Waals surface area contributed by atoms with E-state index in [0.29, 0.717) is 4.47 Å². The van der Waals surface area contributed by atoms with Crippen molar-refractivity contribution in [2.24, 2.45) is 0 Å². The molecule has 100 valence electrons. The molecule has 0 aliphatic carbocycles. The Morgan fingerprint density at radius 1 is 1.11 bits per heavy atom. The molecule has 1 unspecified atom stereocenters. The van der Waals surface area contributed by atoms with E-state index in [4.69, 9.17) is 0 Å². The first-order valence-corrected chi connectivity index (χ1v) is 7.05. The molecule has 19 heavy (non-hydrogen) atoms. The number of nitrogens with one attached hydrogen (secondary N) is 1. The van der Waals surface area contributed by atoms with E-state index in [2.05, 4.69) is 59.4 Å². The first-order valence-electron chi connectivity index (χ1n) is 6.26. The second-order valence-electron chi connectivity index (χ2n) is 4.86. The molecular formula is C16H17BrFN. The van der Waals surface area contributed by atoms with Crippen LogP contribution in [-0.2, 0) is 0 Å². The Morgan fingerprint density at radius 2 is 1.74 bits per heavy atom. The van der Waals surface area contributed by atoms with E-state index < -0.39 is 0 Å². The van der Waals surface area contributed by atoms with Gasteiger partial charge in [-0.1, -0.05) is 29.8 Å². The van der Waals surface area contributed by atoms with Gasteiger partial charge in [-0.2, -0.15) is 0 Å². The second kappa shape index (κ2) is 5.74. The van der Waals surface area contributed by atoms with Crippen LogP contribution in [0.2, 0.25) is 0 Å². The number of hydrogen-bond donors (Lipinski definition) is 1. The van der Waals surface area contributed by atoms with E-state index in [1.165, 1.54) is 17.2 Å². The lowest BCUT2D eigenvalue weighted by molar-refractivity contribution is 0.620. The van der Waals surface area contributed by atoms with Gasteiger partial charge in [0.25, 0.3) is 0 Å². The van der Waals surface area contributed by atoms with Crippen LogP contribution in [0.5, 0.6) is 0 Å². The Hall–Kier alpha value is -1.35. The van der Waals surface area contributed by atoms with Gasteiger partial charge in [-0.3, -0.25) is 0 Å². The summed E-state index contributed by atoms with van der Waals surface area (Å²) in [6.45, 7) is 6.07. The monoisotopic (exact) mass is 321 g/mol. The third kappa shape index (κ3) is 3.35. The van der Waals surface area contributed by atoms with Gasteiger partial charge in [0, 0.05) is 11.7 Å². The SMILES string of the molecule is Cc1ccc(C(C)Nc2cc(Br)c(F)cc2C)cc1. The summed E-state index contributed by atoms with van der Waals surface area (Å²) in [5.41, 5.74) is 4.31. The third-order valence-electron chi connectivity index (χ3n) is 3.22. The first kappa shape index (κ1) is 14.1. The molecule has 1 atom stereocenters. The highest BCUT2D eigenvalue weighted by atomic mass is 79.9. The van der Waals surface area contributed by atoms with Crippen molar-refractivity contribution >= 4 is 21.6 Å². The molecular weight excluding hydrogens is 305 g/mol. The Labute approximate surface area is 122 Å². The average Bonchev–Trinajstić information content (AvgIpc) is 2.36. The van der Waals surface area contributed by atoms with Gasteiger partial charge in [-0.05, 0) is 60.0 Å². The van der Waals surface area contributed by atoms with Crippen LogP contribution in [0.1, 0.15) is 29.7 Å². The molecule has 1 N–H and O–H groups in total. The highest BCUT2D eigenvalue weighted by Crippen LogP contribution is 2.27. The summed E-state index contributed by atoms with van der Waals surface area (Å²) in [4.78, 5) is 0. The van der Waals surface area contributed by atoms with Crippen molar-refractivity contribution in [2.75, 3.05) is 5.32 Å². The Kier molecular flexibility index (Phi) is 4.25. The standard InChI is InChI=1S/C16H17BrFN/c1-10-4-6-13(7-5-10)12(3)19-16-9-14(17)15(18)8-11(16)2/h4-9,12,19H,1-3H3. The predicted octanol–water partition coefficient (Wildman–Crippen LogP) is 5.38. The smallest absolute Gasteiger partial charge is 0.137 e. The summed E-state index contributed by atoms with van der Waals surface area (Å²) >= 11 is 3.22. The minimum atomic E-state index is -0.231. The van der Waals surface area contributed by atoms with Gasteiger partial charge in [0.15, 0.2) is 0 Å². The summed E-state index contributed by atoms with van der Waals surface area (Å²) in [5, 5.41) is 3.42. The molecule has 0 heterocycles. The number of hydrogen-bond acceptors (Lipinski definition) is 1. The van der Waals surface area contributed by atoms with Gasteiger partial charge in [0.1, 0.15) is 5.82 Å². The molecule has 1 nitrogen and oxygen atoms in total. The Morgan fingerprint density at radius 3 is 2.37 bits per heavy atom. The molecule has 2 aromatic carbocycles. The fourth-order valence-corrected chi connectivity index (χ4v) is 2.32. The average molecular weight is 322 g/mol. The van der Waals surface area contributed by atoms with Crippen molar-refractivity contribution in [1.82, 2.24) is 0 Å². The normalized spacial score (nSPS) is 12.3. The minimum absolute atomic E-state index is 0.177. The van der Waals surface area contributed by atoms with E-state index in [9.17, 15) is 4.39 Å². The van der Waals surface area contributed by atoms with E-state index >= 15 is 0 Å². The highest BCUT2D eigenvalue weighted by Gasteiger charge is 2.09. The molecule has 0 spiro atoms. The minimum Gasteiger partial charge on any atom is -0.378 e. The molecule has 0 saturated heterocycles. The molecule has 3 heteroatoms. The number of aryl methyl sites for hydroxylation is 2. The fraction of sp³-hybridized carbons (Fsp3) is 0.250. The molecule has 0 aliphatic heterocycles. The lowest BCUT2D eigenvalue weighted by Crippen LogP contribution is -2.08. The summed E-state index contributed by atoms with van der Waals surface area (Å²) in [6.07, 6.45) is 0. The maximum absolute atomic E-state index is 13.4. The van der Waals surface area contributed by atoms with E-state index in [1.54, 1.807) is 6.07 Å². The Balaban J connectivity index is 2.21. The molecule has 0 amide bonds. The van der Waals surface area contributed by atoms with Gasteiger partial charge < -0.3 is 5.32 Å². The van der Waals surface area contributed by atoms with Crippen molar-refractivity contribution in [3.8, 4) is 0 Å². The van der Waals surface area contributed by atoms with Gasteiger partial charge in [0.2, 0.25) is 0 Å². The van der Waals surface area contributed by atoms with Crippen LogP contribution in [0.25, 0.3) is 0 Å². The van der Waals surface area contributed by atoms with Crippen LogP contribution in [-0.4, -0.2) is 0 Å². The van der Waals surface area contributed by atoms with Crippen LogP contribution in [0.4, 0.5) is 10.1 Å². The summed E-state index contributed by atoms with van der Waals surface area (Å²) in [5.74, 6) is -0.231. The largest absolute Gasteiger partial charge is 0.378 e. The van der Waals surface area contributed by atoms with Gasteiger partial charge in [-0.25, -0.2) is 4.39 Å². The zero-order valence-electron chi connectivity index (χ0n) is 11.3. The molecule has 0 aromatic heterocycles. The number of rotatable bonds is 3. The summed E-state index contributed by atoms with van der Waals surface area (Å²) in [6, 6.07) is 11.9. The molecule has 2 aromatic rings. The summed E-state index contributed by atoms with van der Waals surface area (Å²) < 4.78 is 13.9. The number of anilines is 1. The topological polar surface area (TPSA) is 12.0 Å². The maximum atomic E-state index is 13.4. The number of benzene rings is 2. The third-order valence-corrected chi connectivity index (χ3v) is 3.82. The van der Waals surface area contributed by atoms with Crippen molar-refractivity contribution in [3.63, 3.8) is 0 Å². The quantitative estimate of drug-likeness (QED) is 0.800. The van der Waals surface area contributed by atoms with Gasteiger partial charge >= 0.3 is 0 Å². The van der Waals surface area contributed by atoms with E-state index in [-0.39, 0.29) is 11.9 Å². The lowest BCUT2D eigenvalue weighted by Gasteiger charge is -2.18. The molecule has 0 bridgehead atoms. The van der Waals surface area contributed by atoms with E-state index in [0.717, 1.165) is 11.3 Å². The van der Waals surface area contributed by atoms with Crippen LogP contribution in [0.15, 0.2) is 40.9 Å². The maximum Gasteiger partial charge on any atom is 0.137 e. The predicted molar refractivity (Wildman–Crippen MR) is 82.1 cm³/mol. The number of halogens is 2. The molecule has 2 rings (SSSR count). The zero-order chi connectivity index (χ0) is 14.0. The van der Waals surface area contributed by atoms with Crippen LogP contribution in [0.3, 0.4) is 0 Å². The van der Waals surface area contributed by atoms with Crippen molar-refractivity contribution < 1.29 is 4.39 Å². The summed E-state index contributed by atoms with van der Waals surface area (Å²) in [7, 11) is 0. The van der Waals surface area contributed by atoms with Gasteiger partial charge in [0.05, 0.1) is 4.47 Å². The van der Waals surface area contributed by atoms with Crippen molar-refractivity contribution in [1.29, 1.82) is 0 Å².